The first-order valence-electron chi connectivity index (χ1n) is 15.3. The summed E-state index contributed by atoms with van der Waals surface area (Å²) in [6.45, 7) is 4.43. The van der Waals surface area contributed by atoms with Gasteiger partial charge >= 0.3 is 0 Å². The van der Waals surface area contributed by atoms with E-state index in [4.69, 9.17) is 0 Å². The Labute approximate surface area is 244 Å². The Hall–Kier alpha value is -2.57. The predicted octanol–water partition coefficient (Wildman–Crippen LogP) is 6.42. The maximum atomic E-state index is 13.9. The molecule has 0 bridgehead atoms. The SMILES string of the molecule is Cc1cccc(CN2C(=O)/C(=C/c3ccccc3)SC3CCC(C(=O)NCCCN(C)C4CCCCC4)CC32)c1. The lowest BCUT2D eigenvalue weighted by atomic mass is 9.83. The van der Waals surface area contributed by atoms with Gasteiger partial charge in [-0.15, -0.1) is 11.8 Å². The first kappa shape index (κ1) is 28.9. The molecule has 2 aromatic rings. The van der Waals surface area contributed by atoms with E-state index >= 15 is 0 Å². The third-order valence-electron chi connectivity index (χ3n) is 8.99. The summed E-state index contributed by atoms with van der Waals surface area (Å²) in [6.07, 6.45) is 12.3. The smallest absolute Gasteiger partial charge is 0.260 e. The molecule has 3 atom stereocenters. The summed E-state index contributed by atoms with van der Waals surface area (Å²) in [7, 11) is 2.24. The number of carbonyl (C=O) groups is 2. The highest BCUT2D eigenvalue weighted by molar-refractivity contribution is 8.04. The van der Waals surface area contributed by atoms with Crippen LogP contribution in [0.2, 0.25) is 0 Å². The van der Waals surface area contributed by atoms with Gasteiger partial charge in [-0.2, -0.15) is 0 Å². The third kappa shape index (κ3) is 7.38. The van der Waals surface area contributed by atoms with Gasteiger partial charge < -0.3 is 15.1 Å². The molecule has 5 rings (SSSR count). The molecule has 1 saturated heterocycles. The molecule has 3 unspecified atom stereocenters. The Morgan fingerprint density at radius 2 is 1.85 bits per heavy atom. The van der Waals surface area contributed by atoms with E-state index in [1.165, 1.54) is 37.7 Å². The third-order valence-corrected chi connectivity index (χ3v) is 10.4. The molecule has 1 heterocycles. The Bertz CT molecular complexity index is 1180. The van der Waals surface area contributed by atoms with Crippen molar-refractivity contribution in [1.29, 1.82) is 0 Å². The van der Waals surface area contributed by atoms with Crippen LogP contribution >= 0.6 is 11.8 Å². The molecular formula is C34H45N3O2S. The average Bonchev–Trinajstić information content (AvgIpc) is 2.98. The topological polar surface area (TPSA) is 52.7 Å². The van der Waals surface area contributed by atoms with Crippen LogP contribution in [-0.4, -0.2) is 59.1 Å². The van der Waals surface area contributed by atoms with Crippen molar-refractivity contribution in [3.63, 3.8) is 0 Å². The first-order chi connectivity index (χ1) is 19.5. The molecule has 3 fully saturated rings. The molecule has 0 aromatic heterocycles. The van der Waals surface area contributed by atoms with Crippen LogP contribution < -0.4 is 5.32 Å². The fraction of sp³-hybridized carbons (Fsp3) is 0.529. The number of thioether (sulfide) groups is 1. The van der Waals surface area contributed by atoms with Crippen LogP contribution in [0, 0.1) is 12.8 Å². The van der Waals surface area contributed by atoms with Gasteiger partial charge in [-0.3, -0.25) is 9.59 Å². The van der Waals surface area contributed by atoms with Crippen molar-refractivity contribution < 1.29 is 9.59 Å². The van der Waals surface area contributed by atoms with Gasteiger partial charge in [0.05, 0.1) is 4.91 Å². The van der Waals surface area contributed by atoms with Gasteiger partial charge in [0.2, 0.25) is 5.91 Å². The van der Waals surface area contributed by atoms with Crippen molar-refractivity contribution in [2.45, 2.75) is 88.6 Å². The first-order valence-corrected chi connectivity index (χ1v) is 16.1. The summed E-state index contributed by atoms with van der Waals surface area (Å²) in [5.41, 5.74) is 3.39. The number of fused-ring (bicyclic) bond motifs is 1. The van der Waals surface area contributed by atoms with Crippen LogP contribution in [0.5, 0.6) is 0 Å². The van der Waals surface area contributed by atoms with Crippen LogP contribution in [0.4, 0.5) is 0 Å². The number of carbonyl (C=O) groups excluding carboxylic acids is 2. The lowest BCUT2D eigenvalue weighted by Crippen LogP contribution is -2.53. The van der Waals surface area contributed by atoms with Gasteiger partial charge in [0.1, 0.15) is 0 Å². The average molecular weight is 560 g/mol. The lowest BCUT2D eigenvalue weighted by molar-refractivity contribution is -0.133. The molecule has 2 aromatic carbocycles. The van der Waals surface area contributed by atoms with E-state index < -0.39 is 0 Å². The van der Waals surface area contributed by atoms with Crippen LogP contribution in [-0.2, 0) is 16.1 Å². The van der Waals surface area contributed by atoms with Gasteiger partial charge in [-0.1, -0.05) is 79.4 Å². The zero-order chi connectivity index (χ0) is 27.9. The van der Waals surface area contributed by atoms with Gasteiger partial charge in [0.25, 0.3) is 5.91 Å². The van der Waals surface area contributed by atoms with E-state index in [9.17, 15) is 9.59 Å². The summed E-state index contributed by atoms with van der Waals surface area (Å²) in [6, 6.07) is 19.3. The van der Waals surface area contributed by atoms with Crippen molar-refractivity contribution >= 4 is 29.7 Å². The molecule has 2 saturated carbocycles. The molecule has 5 nitrogen and oxygen atoms in total. The molecular weight excluding hydrogens is 514 g/mol. The highest BCUT2D eigenvalue weighted by Gasteiger charge is 2.44. The number of amides is 2. The highest BCUT2D eigenvalue weighted by Crippen LogP contribution is 2.44. The van der Waals surface area contributed by atoms with E-state index in [-0.39, 0.29) is 23.8 Å². The molecule has 2 amide bonds. The molecule has 40 heavy (non-hydrogen) atoms. The molecule has 0 spiro atoms. The van der Waals surface area contributed by atoms with Gasteiger partial charge in [-0.05, 0) is 76.2 Å². The number of benzene rings is 2. The fourth-order valence-electron chi connectivity index (χ4n) is 6.71. The molecule has 3 aliphatic rings. The van der Waals surface area contributed by atoms with E-state index in [0.717, 1.165) is 54.8 Å². The van der Waals surface area contributed by atoms with Crippen molar-refractivity contribution in [3.8, 4) is 0 Å². The molecule has 214 valence electrons. The number of nitrogens with zero attached hydrogens (tertiary/aromatic N) is 2. The quantitative estimate of drug-likeness (QED) is 0.285. The van der Waals surface area contributed by atoms with Gasteiger partial charge in [-0.25, -0.2) is 0 Å². The van der Waals surface area contributed by atoms with E-state index in [2.05, 4.69) is 53.4 Å². The summed E-state index contributed by atoms with van der Waals surface area (Å²) in [5, 5.41) is 3.55. The van der Waals surface area contributed by atoms with Crippen LogP contribution in [0.1, 0.15) is 74.5 Å². The molecule has 0 radical (unpaired) electrons. The molecule has 1 aliphatic heterocycles. The minimum Gasteiger partial charge on any atom is -0.356 e. The Kier molecular flexibility index (Phi) is 10.0. The van der Waals surface area contributed by atoms with Gasteiger partial charge in [0.15, 0.2) is 0 Å². The zero-order valence-corrected chi connectivity index (χ0v) is 25.0. The maximum Gasteiger partial charge on any atom is 0.260 e. The zero-order valence-electron chi connectivity index (χ0n) is 24.2. The van der Waals surface area contributed by atoms with Gasteiger partial charge in [0, 0.05) is 36.3 Å². The summed E-state index contributed by atoms with van der Waals surface area (Å²) >= 11 is 1.72. The number of rotatable bonds is 9. The minimum absolute atomic E-state index is 0.0367. The second kappa shape index (κ2) is 13.9. The van der Waals surface area contributed by atoms with Crippen LogP contribution in [0.25, 0.3) is 6.08 Å². The van der Waals surface area contributed by atoms with Crippen molar-refractivity contribution in [1.82, 2.24) is 15.1 Å². The molecule has 2 aliphatic carbocycles. The van der Waals surface area contributed by atoms with E-state index in [1.54, 1.807) is 11.8 Å². The Morgan fingerprint density at radius 1 is 1.05 bits per heavy atom. The highest BCUT2D eigenvalue weighted by atomic mass is 32.2. The largest absolute Gasteiger partial charge is 0.356 e. The second-order valence-electron chi connectivity index (χ2n) is 12.0. The number of hydrogen-bond acceptors (Lipinski definition) is 4. The fourth-order valence-corrected chi connectivity index (χ4v) is 8.13. The van der Waals surface area contributed by atoms with Crippen LogP contribution in [0.3, 0.4) is 0 Å². The summed E-state index contributed by atoms with van der Waals surface area (Å²) < 4.78 is 0. The van der Waals surface area contributed by atoms with E-state index in [1.807, 2.05) is 36.4 Å². The molecule has 6 heteroatoms. The minimum atomic E-state index is -0.0367. The van der Waals surface area contributed by atoms with Crippen LogP contribution in [0.15, 0.2) is 59.5 Å². The second-order valence-corrected chi connectivity index (χ2v) is 13.3. The van der Waals surface area contributed by atoms with E-state index in [0.29, 0.717) is 17.8 Å². The Morgan fingerprint density at radius 3 is 2.62 bits per heavy atom. The number of aryl methyl sites for hydroxylation is 1. The predicted molar refractivity (Wildman–Crippen MR) is 166 cm³/mol. The molecule has 1 N–H and O–H groups in total. The summed E-state index contributed by atoms with van der Waals surface area (Å²) in [4.78, 5) is 32.5. The monoisotopic (exact) mass is 559 g/mol. The normalized spacial score (nSPS) is 24.8. The van der Waals surface area contributed by atoms with Crippen molar-refractivity contribution in [2.75, 3.05) is 20.1 Å². The standard InChI is InChI=1S/C34H45N3O2S/c1-25-11-9-14-27(21-25)24-37-30-23-28(33(38)35-19-10-20-36(2)29-15-7-4-8-16-29)17-18-31(30)40-32(34(37)39)22-26-12-5-3-6-13-26/h3,5-6,9,11-14,21-22,28-31H,4,7-8,10,15-20,23-24H2,1-2H3,(H,35,38)/b32-22-. The Balaban J connectivity index is 1.22. The van der Waals surface area contributed by atoms with Crippen molar-refractivity contribution in [2.24, 2.45) is 5.92 Å². The number of hydrogen-bond donors (Lipinski definition) is 1. The maximum absolute atomic E-state index is 13.9. The lowest BCUT2D eigenvalue weighted by Gasteiger charge is -2.46. The number of nitrogens with one attached hydrogen (secondary N) is 1. The van der Waals surface area contributed by atoms with Crippen molar-refractivity contribution in [3.05, 3.63) is 76.2 Å². The summed E-state index contributed by atoms with van der Waals surface area (Å²) in [5.74, 6) is 0.214.